The highest BCUT2D eigenvalue weighted by Crippen LogP contribution is 2.36. The van der Waals surface area contributed by atoms with Gasteiger partial charge in [-0.25, -0.2) is 19.6 Å². The smallest absolute Gasteiger partial charge is 0.416 e. The maximum Gasteiger partial charge on any atom is 0.416 e. The second-order valence-corrected chi connectivity index (χ2v) is 10.7. The van der Waals surface area contributed by atoms with Gasteiger partial charge in [-0.2, -0.15) is 13.2 Å². The first-order chi connectivity index (χ1) is 19.3. The van der Waals surface area contributed by atoms with E-state index in [1.165, 1.54) is 29.2 Å². The Morgan fingerprint density at radius 3 is 2.56 bits per heavy atom. The van der Waals surface area contributed by atoms with Gasteiger partial charge in [0.05, 0.1) is 22.8 Å². The summed E-state index contributed by atoms with van der Waals surface area (Å²) in [6.07, 6.45) is -1.55. The van der Waals surface area contributed by atoms with Crippen LogP contribution in [0.5, 0.6) is 11.6 Å². The molecular weight excluding hydrogens is 539 g/mol. The van der Waals surface area contributed by atoms with Crippen molar-refractivity contribution in [1.29, 1.82) is 0 Å². The molecule has 0 saturated carbocycles. The number of nitrogens with one attached hydrogen (secondary N) is 1. The van der Waals surface area contributed by atoms with Crippen molar-refractivity contribution in [2.24, 2.45) is 0 Å². The predicted molar refractivity (Wildman–Crippen MR) is 145 cm³/mol. The van der Waals surface area contributed by atoms with Gasteiger partial charge in [0.25, 0.3) is 0 Å². The van der Waals surface area contributed by atoms with Crippen LogP contribution in [0.1, 0.15) is 50.6 Å². The molecule has 12 heteroatoms. The fourth-order valence-corrected chi connectivity index (χ4v) is 4.67. The molecule has 9 nitrogen and oxygen atoms in total. The first-order valence-corrected chi connectivity index (χ1v) is 12.9. The number of aromatic nitrogens is 3. The summed E-state index contributed by atoms with van der Waals surface area (Å²) < 4.78 is 52.1. The predicted octanol–water partition coefficient (Wildman–Crippen LogP) is 7.18. The number of benzene rings is 2. The van der Waals surface area contributed by atoms with E-state index in [0.29, 0.717) is 41.2 Å². The molecule has 1 aliphatic rings. The van der Waals surface area contributed by atoms with Crippen LogP contribution in [-0.2, 0) is 17.3 Å². The van der Waals surface area contributed by atoms with Crippen molar-refractivity contribution >= 4 is 28.7 Å². The number of alkyl halides is 3. The Morgan fingerprint density at radius 1 is 1.05 bits per heavy atom. The highest BCUT2D eigenvalue weighted by atomic mass is 19.4. The summed E-state index contributed by atoms with van der Waals surface area (Å²) in [6.45, 7) is 7.73. The van der Waals surface area contributed by atoms with Crippen molar-refractivity contribution in [2.45, 2.75) is 51.9 Å². The largest absolute Gasteiger partial charge is 0.444 e. The minimum atomic E-state index is -4.52. The number of rotatable bonds is 3. The third-order valence-electron chi connectivity index (χ3n) is 6.57. The van der Waals surface area contributed by atoms with Crippen LogP contribution in [0.4, 0.5) is 28.4 Å². The van der Waals surface area contributed by atoms with Crippen LogP contribution in [0, 0.1) is 0 Å². The molecule has 1 atom stereocenters. The monoisotopic (exact) mass is 567 g/mol. The Morgan fingerprint density at radius 2 is 1.83 bits per heavy atom. The Labute approximate surface area is 233 Å². The highest BCUT2D eigenvalue weighted by molar-refractivity contribution is 5.98. The van der Waals surface area contributed by atoms with E-state index in [1.807, 2.05) is 27.7 Å². The molecule has 0 radical (unpaired) electrons. The van der Waals surface area contributed by atoms with E-state index in [-0.39, 0.29) is 11.7 Å². The summed E-state index contributed by atoms with van der Waals surface area (Å²) in [4.78, 5) is 35.9. The van der Waals surface area contributed by atoms with Crippen molar-refractivity contribution in [3.05, 3.63) is 77.9 Å². The molecule has 41 heavy (non-hydrogen) atoms. The van der Waals surface area contributed by atoms with E-state index in [9.17, 15) is 22.8 Å². The zero-order valence-corrected chi connectivity index (χ0v) is 22.8. The number of carbonyl (C=O) groups is 2. The number of carbonyl (C=O) groups excluding carboxylic acids is 2. The van der Waals surface area contributed by atoms with E-state index in [0.717, 1.165) is 17.7 Å². The fraction of sp³-hybridized carbons (Fsp3) is 0.310. The zero-order chi connectivity index (χ0) is 29.5. The molecule has 1 aliphatic heterocycles. The van der Waals surface area contributed by atoms with Gasteiger partial charge < -0.3 is 14.8 Å². The van der Waals surface area contributed by atoms with Crippen LogP contribution < -0.4 is 10.1 Å². The number of halogens is 3. The lowest BCUT2D eigenvalue weighted by Crippen LogP contribution is -2.42. The van der Waals surface area contributed by atoms with Gasteiger partial charge in [0.15, 0.2) is 0 Å². The number of hydrogen-bond acceptors (Lipinski definition) is 6. The number of amides is 2. The Balaban J connectivity index is 1.33. The molecule has 214 valence electrons. The lowest BCUT2D eigenvalue weighted by atomic mass is 10.00. The average Bonchev–Trinajstić information content (AvgIpc) is 3.31. The molecule has 0 aliphatic carbocycles. The summed E-state index contributed by atoms with van der Waals surface area (Å²) in [5, 5.41) is 3.18. The van der Waals surface area contributed by atoms with Gasteiger partial charge in [-0.15, -0.1) is 0 Å². The third kappa shape index (κ3) is 5.96. The summed E-state index contributed by atoms with van der Waals surface area (Å²) in [7, 11) is 0. The summed E-state index contributed by atoms with van der Waals surface area (Å²) in [6, 6.07) is 10.3. The SMILES string of the molecule is CC1c2ncnc(Oc3ccc4c(ccn4C(=O)Nc4cccc(C(F)(F)F)c4)c3)c2CCN1C(=O)OC(C)(C)C. The molecule has 0 fully saturated rings. The maximum absolute atomic E-state index is 13.0. The fourth-order valence-electron chi connectivity index (χ4n) is 4.67. The van der Waals surface area contributed by atoms with Crippen molar-refractivity contribution in [1.82, 2.24) is 19.4 Å². The quantitative estimate of drug-likeness (QED) is 0.282. The van der Waals surface area contributed by atoms with Gasteiger partial charge in [-0.3, -0.25) is 9.47 Å². The molecule has 3 heterocycles. The van der Waals surface area contributed by atoms with E-state index in [2.05, 4.69) is 15.3 Å². The number of anilines is 1. The first kappa shape index (κ1) is 27.9. The first-order valence-electron chi connectivity index (χ1n) is 12.9. The molecule has 2 aromatic carbocycles. The summed E-state index contributed by atoms with van der Waals surface area (Å²) >= 11 is 0. The van der Waals surface area contributed by atoms with E-state index in [1.54, 1.807) is 29.2 Å². The Hall–Kier alpha value is -4.61. The molecule has 2 aromatic heterocycles. The molecular formula is C29H28F3N5O4. The molecule has 4 aromatic rings. The normalized spacial score (nSPS) is 15.4. The minimum absolute atomic E-state index is 0.0274. The molecule has 5 rings (SSSR count). The highest BCUT2D eigenvalue weighted by Gasteiger charge is 2.34. The Bertz CT molecular complexity index is 1630. The molecule has 0 spiro atoms. The van der Waals surface area contributed by atoms with E-state index in [4.69, 9.17) is 9.47 Å². The number of fused-ring (bicyclic) bond motifs is 2. The molecule has 0 bridgehead atoms. The van der Waals surface area contributed by atoms with Crippen LogP contribution in [0.15, 0.2) is 61.1 Å². The molecule has 1 N–H and O–H groups in total. The van der Waals surface area contributed by atoms with Crippen molar-refractivity contribution in [3.8, 4) is 11.6 Å². The topological polar surface area (TPSA) is 98.6 Å². The van der Waals surface area contributed by atoms with Crippen LogP contribution in [-0.4, -0.2) is 43.7 Å². The van der Waals surface area contributed by atoms with Gasteiger partial charge >= 0.3 is 18.3 Å². The second kappa shape index (κ2) is 10.4. The molecule has 0 saturated heterocycles. The standard InChI is InChI=1S/C29H28F3N5O4/c1-17-24-22(11-13-36(17)27(39)41-28(2,3)4)25(34-16-33-24)40-21-8-9-23-18(14-21)10-12-37(23)26(38)35-20-7-5-6-19(15-20)29(30,31)32/h5-10,12,14-17H,11,13H2,1-4H3,(H,35,38). The molecule has 2 amide bonds. The average molecular weight is 568 g/mol. The van der Waals surface area contributed by atoms with Crippen LogP contribution >= 0.6 is 0 Å². The lowest BCUT2D eigenvalue weighted by molar-refractivity contribution is -0.137. The summed E-state index contributed by atoms with van der Waals surface area (Å²) in [5.41, 5.74) is 0.553. The number of ether oxygens (including phenoxy) is 2. The molecule has 1 unspecified atom stereocenters. The van der Waals surface area contributed by atoms with E-state index < -0.39 is 29.5 Å². The van der Waals surface area contributed by atoms with Gasteiger partial charge in [0.2, 0.25) is 5.88 Å². The second-order valence-electron chi connectivity index (χ2n) is 10.7. The van der Waals surface area contributed by atoms with Gasteiger partial charge in [-0.1, -0.05) is 6.07 Å². The summed E-state index contributed by atoms with van der Waals surface area (Å²) in [5.74, 6) is 0.837. The van der Waals surface area contributed by atoms with Crippen molar-refractivity contribution in [2.75, 3.05) is 11.9 Å². The minimum Gasteiger partial charge on any atom is -0.444 e. The van der Waals surface area contributed by atoms with Gasteiger partial charge in [0.1, 0.15) is 17.7 Å². The van der Waals surface area contributed by atoms with Crippen LogP contribution in [0.3, 0.4) is 0 Å². The van der Waals surface area contributed by atoms with Crippen molar-refractivity contribution < 1.29 is 32.2 Å². The van der Waals surface area contributed by atoms with Gasteiger partial charge in [0, 0.05) is 29.4 Å². The van der Waals surface area contributed by atoms with Crippen LogP contribution in [0.2, 0.25) is 0 Å². The van der Waals surface area contributed by atoms with Crippen molar-refractivity contribution in [3.63, 3.8) is 0 Å². The number of hydrogen-bond donors (Lipinski definition) is 1. The Kier molecular flexibility index (Phi) is 7.10. The van der Waals surface area contributed by atoms with E-state index >= 15 is 0 Å². The maximum atomic E-state index is 13.0. The van der Waals surface area contributed by atoms with Crippen LogP contribution in [0.25, 0.3) is 10.9 Å². The number of nitrogens with zero attached hydrogens (tertiary/aromatic N) is 4. The third-order valence-corrected chi connectivity index (χ3v) is 6.57. The van der Waals surface area contributed by atoms with Gasteiger partial charge in [-0.05, 0) is 76.6 Å². The zero-order valence-electron chi connectivity index (χ0n) is 22.8. The lowest BCUT2D eigenvalue weighted by Gasteiger charge is -2.35.